The molecule has 6 nitrogen and oxygen atoms in total. The van der Waals surface area contributed by atoms with Gasteiger partial charge in [-0.2, -0.15) is 0 Å². The van der Waals surface area contributed by atoms with Crippen molar-refractivity contribution < 1.29 is 9.53 Å². The number of aromatic amines is 2. The van der Waals surface area contributed by atoms with Crippen molar-refractivity contribution in [3.63, 3.8) is 0 Å². The number of carbonyl (C=O) groups is 1. The van der Waals surface area contributed by atoms with E-state index in [-0.39, 0.29) is 12.2 Å². The third-order valence-corrected chi connectivity index (χ3v) is 1.53. The molecule has 1 aromatic heterocycles. The number of ether oxygens (including phenoxy) is 1. The SMILES string of the molecule is CCOC(=O)C=Cc1cc(=O)[nH][nH]c1=O. The molecule has 0 aromatic carbocycles. The molecule has 1 rings (SSSR count). The van der Waals surface area contributed by atoms with Crippen LogP contribution in [0.15, 0.2) is 21.7 Å². The molecule has 6 heteroatoms. The molecule has 1 heterocycles. The minimum atomic E-state index is -0.558. The molecule has 0 aliphatic rings. The first-order chi connectivity index (χ1) is 7.13. The van der Waals surface area contributed by atoms with Gasteiger partial charge in [-0.05, 0) is 13.0 Å². The summed E-state index contributed by atoms with van der Waals surface area (Å²) in [7, 11) is 0. The van der Waals surface area contributed by atoms with Gasteiger partial charge in [0.15, 0.2) is 0 Å². The van der Waals surface area contributed by atoms with Crippen molar-refractivity contribution in [2.45, 2.75) is 6.92 Å². The molecule has 0 aliphatic carbocycles. The number of H-pyrrole nitrogens is 2. The molecule has 80 valence electrons. The highest BCUT2D eigenvalue weighted by molar-refractivity contribution is 5.86. The number of hydrogen-bond donors (Lipinski definition) is 2. The van der Waals surface area contributed by atoms with Gasteiger partial charge in [-0.15, -0.1) is 0 Å². The largest absolute Gasteiger partial charge is 0.463 e. The molecule has 0 saturated heterocycles. The predicted molar refractivity (Wildman–Crippen MR) is 53.4 cm³/mol. The van der Waals surface area contributed by atoms with Gasteiger partial charge in [0.1, 0.15) is 0 Å². The van der Waals surface area contributed by atoms with Crippen molar-refractivity contribution in [1.82, 2.24) is 10.2 Å². The Morgan fingerprint density at radius 1 is 1.47 bits per heavy atom. The first-order valence-corrected chi connectivity index (χ1v) is 4.30. The van der Waals surface area contributed by atoms with Gasteiger partial charge < -0.3 is 4.74 Å². The van der Waals surface area contributed by atoms with E-state index < -0.39 is 17.1 Å². The zero-order chi connectivity index (χ0) is 11.3. The van der Waals surface area contributed by atoms with Crippen LogP contribution >= 0.6 is 0 Å². The second-order valence-electron chi connectivity index (χ2n) is 2.63. The molecule has 1 aromatic rings. The summed E-state index contributed by atoms with van der Waals surface area (Å²) in [5.41, 5.74) is -0.819. The lowest BCUT2D eigenvalue weighted by Crippen LogP contribution is -2.19. The monoisotopic (exact) mass is 210 g/mol. The quantitative estimate of drug-likeness (QED) is 0.526. The summed E-state index contributed by atoms with van der Waals surface area (Å²) >= 11 is 0. The molecule has 0 radical (unpaired) electrons. The Morgan fingerprint density at radius 3 is 2.87 bits per heavy atom. The van der Waals surface area contributed by atoms with Crippen LogP contribution in [0, 0.1) is 0 Å². The van der Waals surface area contributed by atoms with Crippen LogP contribution in [-0.2, 0) is 9.53 Å². The predicted octanol–water partition coefficient (Wildman–Crippen LogP) is -0.360. The number of nitrogens with one attached hydrogen (secondary N) is 2. The van der Waals surface area contributed by atoms with E-state index in [1.165, 1.54) is 6.08 Å². The maximum atomic E-state index is 11.1. The Balaban J connectivity index is 2.89. The summed E-state index contributed by atoms with van der Waals surface area (Å²) in [6, 6.07) is 1.09. The topological polar surface area (TPSA) is 92.0 Å². The van der Waals surface area contributed by atoms with Crippen molar-refractivity contribution >= 4 is 12.0 Å². The molecule has 0 aliphatic heterocycles. The Bertz CT molecular complexity index is 483. The average Bonchev–Trinajstić information content (AvgIpc) is 2.20. The van der Waals surface area contributed by atoms with Crippen LogP contribution < -0.4 is 11.1 Å². The summed E-state index contributed by atoms with van der Waals surface area (Å²) in [6.07, 6.45) is 2.32. The minimum absolute atomic E-state index is 0.104. The summed E-state index contributed by atoms with van der Waals surface area (Å²) < 4.78 is 4.61. The van der Waals surface area contributed by atoms with Crippen molar-refractivity contribution in [3.05, 3.63) is 38.4 Å². The van der Waals surface area contributed by atoms with E-state index in [2.05, 4.69) is 14.9 Å². The van der Waals surface area contributed by atoms with Gasteiger partial charge in [0.05, 0.1) is 6.61 Å². The van der Waals surface area contributed by atoms with E-state index >= 15 is 0 Å². The molecule has 0 saturated carbocycles. The molecule has 0 fully saturated rings. The zero-order valence-corrected chi connectivity index (χ0v) is 8.07. The highest BCUT2D eigenvalue weighted by atomic mass is 16.5. The minimum Gasteiger partial charge on any atom is -0.463 e. The fraction of sp³-hybridized carbons (Fsp3) is 0.222. The standard InChI is InChI=1S/C9H10N2O4/c1-2-15-8(13)4-3-6-5-7(12)10-11-9(6)14/h3-5H,2H2,1H3,(H,10,12)(H,11,14). The first-order valence-electron chi connectivity index (χ1n) is 4.30. The van der Waals surface area contributed by atoms with Crippen LogP contribution in [0.4, 0.5) is 0 Å². The first kappa shape index (κ1) is 11.0. The van der Waals surface area contributed by atoms with Gasteiger partial charge in [-0.25, -0.2) is 4.79 Å². The fourth-order valence-corrected chi connectivity index (χ4v) is 0.905. The summed E-state index contributed by atoms with van der Waals surface area (Å²) in [6.45, 7) is 1.93. The lowest BCUT2D eigenvalue weighted by atomic mass is 10.3. The molecule has 0 spiro atoms. The molecule has 0 atom stereocenters. The van der Waals surface area contributed by atoms with Crippen LogP contribution in [0.3, 0.4) is 0 Å². The van der Waals surface area contributed by atoms with E-state index in [0.717, 1.165) is 12.1 Å². The molecule has 2 N–H and O–H groups in total. The van der Waals surface area contributed by atoms with Crippen molar-refractivity contribution in [2.75, 3.05) is 6.61 Å². The van der Waals surface area contributed by atoms with E-state index in [1.807, 2.05) is 0 Å². The lowest BCUT2D eigenvalue weighted by Gasteiger charge is -1.94. The van der Waals surface area contributed by atoms with Crippen molar-refractivity contribution in [1.29, 1.82) is 0 Å². The van der Waals surface area contributed by atoms with Crippen LogP contribution in [0.5, 0.6) is 0 Å². The van der Waals surface area contributed by atoms with E-state index in [9.17, 15) is 14.4 Å². The molecule has 0 bridgehead atoms. The van der Waals surface area contributed by atoms with Gasteiger partial charge in [-0.3, -0.25) is 19.8 Å². The third-order valence-electron chi connectivity index (χ3n) is 1.53. The van der Waals surface area contributed by atoms with Crippen molar-refractivity contribution in [3.8, 4) is 0 Å². The van der Waals surface area contributed by atoms with Crippen LogP contribution in [0.25, 0.3) is 6.08 Å². The molecule has 0 amide bonds. The number of aromatic nitrogens is 2. The van der Waals surface area contributed by atoms with Gasteiger partial charge >= 0.3 is 5.97 Å². The maximum absolute atomic E-state index is 11.1. The van der Waals surface area contributed by atoms with E-state index in [1.54, 1.807) is 6.92 Å². The molecular weight excluding hydrogens is 200 g/mol. The van der Waals surface area contributed by atoms with E-state index in [0.29, 0.717) is 0 Å². The maximum Gasteiger partial charge on any atom is 0.330 e. The van der Waals surface area contributed by atoms with Gasteiger partial charge in [-0.1, -0.05) is 0 Å². The van der Waals surface area contributed by atoms with Crippen LogP contribution in [0.1, 0.15) is 12.5 Å². The number of hydrogen-bond acceptors (Lipinski definition) is 4. The normalized spacial score (nSPS) is 10.5. The number of esters is 1. The average molecular weight is 210 g/mol. The highest BCUT2D eigenvalue weighted by Crippen LogP contribution is 1.90. The summed E-state index contributed by atoms with van der Waals surface area (Å²) in [4.78, 5) is 32.9. The van der Waals surface area contributed by atoms with Crippen LogP contribution in [-0.4, -0.2) is 22.8 Å². The van der Waals surface area contributed by atoms with Crippen molar-refractivity contribution in [2.24, 2.45) is 0 Å². The second-order valence-corrected chi connectivity index (χ2v) is 2.63. The van der Waals surface area contributed by atoms with Crippen LogP contribution in [0.2, 0.25) is 0 Å². The summed E-state index contributed by atoms with van der Waals surface area (Å²) in [5.74, 6) is -0.558. The van der Waals surface area contributed by atoms with Gasteiger partial charge in [0.25, 0.3) is 11.1 Å². The lowest BCUT2D eigenvalue weighted by molar-refractivity contribution is -0.137. The molecular formula is C9H10N2O4. The molecule has 0 unspecified atom stereocenters. The smallest absolute Gasteiger partial charge is 0.330 e. The Hall–Kier alpha value is -2.11. The molecule has 15 heavy (non-hydrogen) atoms. The summed E-state index contributed by atoms with van der Waals surface area (Å²) in [5, 5.41) is 4.24. The third kappa shape index (κ3) is 3.26. The van der Waals surface area contributed by atoms with Gasteiger partial charge in [0, 0.05) is 17.7 Å². The fourth-order valence-electron chi connectivity index (χ4n) is 0.905. The second kappa shape index (κ2) is 4.94. The van der Waals surface area contributed by atoms with Gasteiger partial charge in [0.2, 0.25) is 0 Å². The number of carbonyl (C=O) groups excluding carboxylic acids is 1. The number of rotatable bonds is 3. The van der Waals surface area contributed by atoms with E-state index in [4.69, 9.17) is 0 Å². The Kier molecular flexibility index (Phi) is 3.61. The Labute approximate surface area is 84.6 Å². The Morgan fingerprint density at radius 2 is 2.20 bits per heavy atom. The zero-order valence-electron chi connectivity index (χ0n) is 8.07. The highest BCUT2D eigenvalue weighted by Gasteiger charge is 1.98.